The Morgan fingerprint density at radius 2 is 1.53 bits per heavy atom. The molecule has 1 aromatic rings. The van der Waals surface area contributed by atoms with Crippen molar-refractivity contribution in [1.29, 1.82) is 0 Å². The molecular weight excluding hydrogens is 216 g/mol. The van der Waals surface area contributed by atoms with Crippen molar-refractivity contribution in [3.63, 3.8) is 0 Å². The first-order valence-electron chi connectivity index (χ1n) is 5.82. The van der Waals surface area contributed by atoms with Gasteiger partial charge in [0, 0.05) is 5.92 Å². The van der Waals surface area contributed by atoms with E-state index in [-0.39, 0.29) is 0 Å². The van der Waals surface area contributed by atoms with Crippen LogP contribution >= 0.6 is 0 Å². The Hall–Kier alpha value is -1.35. The molecule has 0 saturated carbocycles. The molecule has 0 radical (unpaired) electrons. The van der Waals surface area contributed by atoms with Crippen LogP contribution in [0.5, 0.6) is 0 Å². The van der Waals surface area contributed by atoms with Gasteiger partial charge in [0.1, 0.15) is 0 Å². The summed E-state index contributed by atoms with van der Waals surface area (Å²) in [7, 11) is 0. The number of hydrogen-bond donors (Lipinski definition) is 2. The SMILES string of the molecule is CC(C)c1ccc(C(C)C(C)(O)C(=O)O)cc1. The van der Waals surface area contributed by atoms with E-state index in [1.165, 1.54) is 12.5 Å². The van der Waals surface area contributed by atoms with Gasteiger partial charge >= 0.3 is 5.97 Å². The second kappa shape index (κ2) is 4.88. The monoisotopic (exact) mass is 236 g/mol. The summed E-state index contributed by atoms with van der Waals surface area (Å²) in [5.74, 6) is -1.20. The molecule has 0 fully saturated rings. The Morgan fingerprint density at radius 1 is 1.12 bits per heavy atom. The maximum Gasteiger partial charge on any atom is 0.336 e. The highest BCUT2D eigenvalue weighted by Crippen LogP contribution is 2.29. The number of aliphatic hydroxyl groups is 1. The maximum atomic E-state index is 11.0. The van der Waals surface area contributed by atoms with Crippen molar-refractivity contribution < 1.29 is 15.0 Å². The molecule has 0 aromatic heterocycles. The van der Waals surface area contributed by atoms with E-state index in [4.69, 9.17) is 5.11 Å². The molecular formula is C14H20O3. The van der Waals surface area contributed by atoms with Crippen LogP contribution in [-0.2, 0) is 4.79 Å². The van der Waals surface area contributed by atoms with Gasteiger partial charge < -0.3 is 10.2 Å². The molecule has 94 valence electrons. The van der Waals surface area contributed by atoms with Crippen LogP contribution in [0.25, 0.3) is 0 Å². The van der Waals surface area contributed by atoms with Gasteiger partial charge in [0.05, 0.1) is 0 Å². The predicted molar refractivity (Wildman–Crippen MR) is 67.2 cm³/mol. The van der Waals surface area contributed by atoms with E-state index in [2.05, 4.69) is 13.8 Å². The molecule has 3 heteroatoms. The zero-order valence-corrected chi connectivity index (χ0v) is 10.8. The molecule has 0 bridgehead atoms. The Labute approximate surface area is 102 Å². The number of carbonyl (C=O) groups is 1. The summed E-state index contributed by atoms with van der Waals surface area (Å²) >= 11 is 0. The van der Waals surface area contributed by atoms with E-state index in [0.717, 1.165) is 5.56 Å². The first-order chi connectivity index (χ1) is 7.76. The van der Waals surface area contributed by atoms with Gasteiger partial charge in [0.2, 0.25) is 0 Å². The van der Waals surface area contributed by atoms with Gasteiger partial charge in [0.25, 0.3) is 0 Å². The highest BCUT2D eigenvalue weighted by atomic mass is 16.4. The summed E-state index contributed by atoms with van der Waals surface area (Å²) < 4.78 is 0. The van der Waals surface area contributed by atoms with Gasteiger partial charge in [-0.2, -0.15) is 0 Å². The first-order valence-corrected chi connectivity index (χ1v) is 5.82. The summed E-state index contributed by atoms with van der Waals surface area (Å²) in [6.07, 6.45) is 0. The van der Waals surface area contributed by atoms with Gasteiger partial charge in [-0.1, -0.05) is 45.0 Å². The lowest BCUT2D eigenvalue weighted by molar-refractivity contribution is -0.158. The van der Waals surface area contributed by atoms with Crippen LogP contribution in [0.3, 0.4) is 0 Å². The molecule has 0 saturated heterocycles. The van der Waals surface area contributed by atoms with Gasteiger partial charge in [-0.3, -0.25) is 0 Å². The second-order valence-corrected chi connectivity index (χ2v) is 5.00. The molecule has 0 amide bonds. The van der Waals surface area contributed by atoms with E-state index in [1.807, 2.05) is 24.3 Å². The average Bonchev–Trinajstić information content (AvgIpc) is 2.27. The van der Waals surface area contributed by atoms with Gasteiger partial charge in [-0.25, -0.2) is 4.79 Å². The molecule has 0 aliphatic carbocycles. The molecule has 2 unspecified atom stereocenters. The summed E-state index contributed by atoms with van der Waals surface area (Å²) in [5.41, 5.74) is 0.303. The Balaban J connectivity index is 2.98. The number of carboxylic acid groups (broad SMARTS) is 1. The van der Waals surface area contributed by atoms with Gasteiger partial charge in [-0.15, -0.1) is 0 Å². The molecule has 2 N–H and O–H groups in total. The van der Waals surface area contributed by atoms with Crippen LogP contribution in [0.1, 0.15) is 50.7 Å². The number of carboxylic acids is 1. The fraction of sp³-hybridized carbons (Fsp3) is 0.500. The summed E-state index contributed by atoms with van der Waals surface area (Å²) in [4.78, 5) is 11.0. The Kier molecular flexibility index (Phi) is 3.94. The number of aliphatic carboxylic acids is 1. The average molecular weight is 236 g/mol. The summed E-state index contributed by atoms with van der Waals surface area (Å²) in [6.45, 7) is 7.26. The van der Waals surface area contributed by atoms with Crippen LogP contribution in [0.15, 0.2) is 24.3 Å². The van der Waals surface area contributed by atoms with Crippen LogP contribution in [0.4, 0.5) is 0 Å². The number of benzene rings is 1. The van der Waals surface area contributed by atoms with E-state index in [0.29, 0.717) is 5.92 Å². The minimum Gasteiger partial charge on any atom is -0.479 e. The quantitative estimate of drug-likeness (QED) is 0.845. The lowest BCUT2D eigenvalue weighted by Gasteiger charge is -2.26. The van der Waals surface area contributed by atoms with Crippen molar-refractivity contribution in [2.45, 2.75) is 45.1 Å². The fourth-order valence-corrected chi connectivity index (χ4v) is 1.68. The minimum absolute atomic E-state index is 0.443. The molecule has 0 heterocycles. The zero-order valence-electron chi connectivity index (χ0n) is 10.8. The van der Waals surface area contributed by atoms with Gasteiger partial charge in [-0.05, 0) is 24.0 Å². The summed E-state index contributed by atoms with van der Waals surface area (Å²) in [5, 5.41) is 18.9. The van der Waals surface area contributed by atoms with Gasteiger partial charge in [0.15, 0.2) is 5.60 Å². The summed E-state index contributed by atoms with van der Waals surface area (Å²) in [6, 6.07) is 7.73. The van der Waals surface area contributed by atoms with Crippen LogP contribution in [0.2, 0.25) is 0 Å². The van der Waals surface area contributed by atoms with Crippen LogP contribution < -0.4 is 0 Å². The van der Waals surface area contributed by atoms with E-state index in [1.54, 1.807) is 6.92 Å². The molecule has 0 aliphatic rings. The smallest absolute Gasteiger partial charge is 0.336 e. The topological polar surface area (TPSA) is 57.5 Å². The van der Waals surface area contributed by atoms with E-state index in [9.17, 15) is 9.90 Å². The molecule has 17 heavy (non-hydrogen) atoms. The number of rotatable bonds is 4. The lowest BCUT2D eigenvalue weighted by Crippen LogP contribution is -2.40. The molecule has 2 atom stereocenters. The van der Waals surface area contributed by atoms with E-state index >= 15 is 0 Å². The third-order valence-corrected chi connectivity index (χ3v) is 3.38. The fourth-order valence-electron chi connectivity index (χ4n) is 1.68. The Bertz CT molecular complexity index is 390. The van der Waals surface area contributed by atoms with E-state index < -0.39 is 17.5 Å². The van der Waals surface area contributed by atoms with Crippen molar-refractivity contribution in [3.8, 4) is 0 Å². The highest BCUT2D eigenvalue weighted by Gasteiger charge is 2.37. The van der Waals surface area contributed by atoms with Crippen molar-refractivity contribution in [3.05, 3.63) is 35.4 Å². The molecule has 3 nitrogen and oxygen atoms in total. The van der Waals surface area contributed by atoms with Crippen LogP contribution in [0, 0.1) is 0 Å². The van der Waals surface area contributed by atoms with Crippen molar-refractivity contribution >= 4 is 5.97 Å². The van der Waals surface area contributed by atoms with Crippen molar-refractivity contribution in [1.82, 2.24) is 0 Å². The molecule has 1 rings (SSSR count). The maximum absolute atomic E-state index is 11.0. The molecule has 0 spiro atoms. The third kappa shape index (κ3) is 2.86. The first kappa shape index (κ1) is 13.7. The lowest BCUT2D eigenvalue weighted by atomic mass is 9.84. The molecule has 1 aromatic carbocycles. The standard InChI is InChI=1S/C14H20O3/c1-9(2)11-5-7-12(8-6-11)10(3)14(4,17)13(15)16/h5-10,17H,1-4H3,(H,15,16). The number of hydrogen-bond acceptors (Lipinski definition) is 2. The second-order valence-electron chi connectivity index (χ2n) is 5.00. The predicted octanol–water partition coefficient (Wildman–Crippen LogP) is 2.75. The van der Waals surface area contributed by atoms with Crippen molar-refractivity contribution in [2.24, 2.45) is 0 Å². The molecule has 0 aliphatic heterocycles. The Morgan fingerprint density at radius 3 is 1.88 bits per heavy atom. The normalized spacial score (nSPS) is 16.6. The minimum atomic E-state index is -1.74. The highest BCUT2D eigenvalue weighted by molar-refractivity contribution is 5.78. The largest absolute Gasteiger partial charge is 0.479 e. The zero-order chi connectivity index (χ0) is 13.2. The van der Waals surface area contributed by atoms with Crippen LogP contribution in [-0.4, -0.2) is 21.8 Å². The van der Waals surface area contributed by atoms with Crippen molar-refractivity contribution in [2.75, 3.05) is 0 Å². The third-order valence-electron chi connectivity index (χ3n) is 3.38.